The highest BCUT2D eigenvalue weighted by Crippen LogP contribution is 2.47. The molecule has 0 unspecified atom stereocenters. The molecule has 0 aromatic carbocycles. The predicted molar refractivity (Wildman–Crippen MR) is 159 cm³/mol. The monoisotopic (exact) mass is 576 g/mol. The summed E-state index contributed by atoms with van der Waals surface area (Å²) in [4.78, 5) is 31.3. The number of likely N-dealkylation sites (tertiary alicyclic amines) is 1. The van der Waals surface area contributed by atoms with Crippen molar-refractivity contribution < 1.29 is 18.7 Å². The fraction of sp³-hybridized carbons (Fsp3) is 0.594. The quantitative estimate of drug-likeness (QED) is 0.500. The van der Waals surface area contributed by atoms with E-state index in [1.165, 1.54) is 36.0 Å². The number of fused-ring (bicyclic) bond motifs is 6. The smallest absolute Gasteiger partial charge is 0.282 e. The lowest BCUT2D eigenvalue weighted by atomic mass is 9.91. The number of nitrogens with zero attached hydrogens (tertiary/aromatic N) is 6. The van der Waals surface area contributed by atoms with Crippen molar-refractivity contribution >= 4 is 17.4 Å². The van der Waals surface area contributed by atoms with Gasteiger partial charge in [0.1, 0.15) is 19.0 Å². The highest BCUT2D eigenvalue weighted by Gasteiger charge is 2.43. The van der Waals surface area contributed by atoms with Crippen LogP contribution in [0.3, 0.4) is 0 Å². The summed E-state index contributed by atoms with van der Waals surface area (Å²) in [5.41, 5.74) is 6.03. The van der Waals surface area contributed by atoms with Crippen molar-refractivity contribution in [2.75, 3.05) is 56.2 Å². The SMILES string of the molecule is C=C(F)C(=O)N1C[C@@H]2COc3c(OC[C@@H]4CCCN4C)nc4c(c3N2C[C@H]1C)CCN(c1nccc2c1CCCC2)C4. The van der Waals surface area contributed by atoms with Gasteiger partial charge in [-0.05, 0) is 82.7 Å². The number of carbonyl (C=O) groups excluding carboxylic acids is 1. The number of hydrogen-bond acceptors (Lipinski definition) is 8. The standard InChI is InChI=1S/C32H41FN6O3/c1-20-15-39-24(16-38(20)32(40)21(2)33)19-41-29-28(39)26-11-14-37(30-25-9-5-4-7-22(25)10-12-34-30)17-27(26)35-31(29)42-18-23-8-6-13-36(23)3/h10,12,20,23-24H,2,4-9,11,13-19H2,1,3H3/t20-,23+,24-/m1/s1. The fourth-order valence-corrected chi connectivity index (χ4v) is 7.58. The molecule has 2 aromatic heterocycles. The number of aromatic nitrogens is 2. The van der Waals surface area contributed by atoms with E-state index in [9.17, 15) is 9.18 Å². The van der Waals surface area contributed by atoms with Crippen LogP contribution in [0.15, 0.2) is 24.7 Å². The van der Waals surface area contributed by atoms with E-state index in [1.54, 1.807) is 4.90 Å². The molecule has 7 rings (SSSR count). The van der Waals surface area contributed by atoms with E-state index in [0.717, 1.165) is 56.0 Å². The third-order valence-corrected chi connectivity index (χ3v) is 9.93. The van der Waals surface area contributed by atoms with Crippen molar-refractivity contribution in [3.8, 4) is 11.6 Å². The van der Waals surface area contributed by atoms with Gasteiger partial charge in [0, 0.05) is 43.5 Å². The minimum absolute atomic E-state index is 0.0850. The predicted octanol–water partition coefficient (Wildman–Crippen LogP) is 3.67. The van der Waals surface area contributed by atoms with Crippen LogP contribution in [0.4, 0.5) is 15.9 Å². The van der Waals surface area contributed by atoms with Crippen LogP contribution in [-0.2, 0) is 30.6 Å². The third kappa shape index (κ3) is 4.77. The number of piperazine rings is 1. The largest absolute Gasteiger partial charge is 0.484 e. The molecule has 6 heterocycles. The maximum Gasteiger partial charge on any atom is 0.282 e. The van der Waals surface area contributed by atoms with Gasteiger partial charge in [0.15, 0.2) is 5.83 Å². The Bertz CT molecular complexity index is 1400. The minimum atomic E-state index is -0.918. The molecule has 1 amide bonds. The second-order valence-corrected chi connectivity index (χ2v) is 12.6. The molecule has 9 nitrogen and oxygen atoms in total. The van der Waals surface area contributed by atoms with E-state index in [1.807, 2.05) is 13.1 Å². The average molecular weight is 577 g/mol. The first-order chi connectivity index (χ1) is 20.4. The Morgan fingerprint density at radius 2 is 2.02 bits per heavy atom. The molecule has 0 saturated carbocycles. The Hall–Kier alpha value is -3.40. The summed E-state index contributed by atoms with van der Waals surface area (Å²) in [6.45, 7) is 9.72. The number of halogens is 1. The molecule has 2 saturated heterocycles. The van der Waals surface area contributed by atoms with Gasteiger partial charge in [-0.25, -0.2) is 14.4 Å². The van der Waals surface area contributed by atoms with Crippen molar-refractivity contribution in [2.24, 2.45) is 0 Å². The first-order valence-electron chi connectivity index (χ1n) is 15.5. The van der Waals surface area contributed by atoms with E-state index in [4.69, 9.17) is 19.4 Å². The van der Waals surface area contributed by atoms with Crippen molar-refractivity contribution in [2.45, 2.75) is 76.5 Å². The molecule has 1 aliphatic carbocycles. The molecule has 3 atom stereocenters. The number of carbonyl (C=O) groups is 1. The van der Waals surface area contributed by atoms with Gasteiger partial charge in [-0.1, -0.05) is 6.58 Å². The number of pyridine rings is 2. The molecule has 2 fully saturated rings. The molecule has 5 aliphatic rings. The molecule has 2 aromatic rings. The van der Waals surface area contributed by atoms with Crippen molar-refractivity contribution in [3.63, 3.8) is 0 Å². The zero-order valence-corrected chi connectivity index (χ0v) is 24.8. The van der Waals surface area contributed by atoms with Crippen LogP contribution >= 0.6 is 0 Å². The average Bonchev–Trinajstić information content (AvgIpc) is 3.42. The normalized spacial score (nSPS) is 25.2. The number of ether oxygens (including phenoxy) is 2. The molecule has 42 heavy (non-hydrogen) atoms. The summed E-state index contributed by atoms with van der Waals surface area (Å²) < 4.78 is 26.8. The zero-order chi connectivity index (χ0) is 29.0. The third-order valence-electron chi connectivity index (χ3n) is 9.93. The second kappa shape index (κ2) is 11.0. The van der Waals surface area contributed by atoms with E-state index in [2.05, 4.69) is 34.4 Å². The van der Waals surface area contributed by atoms with Crippen LogP contribution in [0, 0.1) is 0 Å². The second-order valence-electron chi connectivity index (χ2n) is 12.6. The van der Waals surface area contributed by atoms with Crippen molar-refractivity contribution in [3.05, 3.63) is 47.1 Å². The topological polar surface area (TPSA) is 74.3 Å². The van der Waals surface area contributed by atoms with Crippen LogP contribution in [0.5, 0.6) is 11.6 Å². The molecule has 4 aliphatic heterocycles. The van der Waals surface area contributed by atoms with Crippen LogP contribution in [0.1, 0.15) is 55.0 Å². The lowest BCUT2D eigenvalue weighted by Crippen LogP contribution is -2.62. The summed E-state index contributed by atoms with van der Waals surface area (Å²) in [6.07, 6.45) is 9.69. The summed E-state index contributed by atoms with van der Waals surface area (Å²) in [6, 6.07) is 2.28. The number of rotatable bonds is 5. The molecular formula is C32H41FN6O3. The fourth-order valence-electron chi connectivity index (χ4n) is 7.58. The van der Waals surface area contributed by atoms with Crippen LogP contribution in [-0.4, -0.2) is 90.2 Å². The van der Waals surface area contributed by atoms with E-state index in [0.29, 0.717) is 50.5 Å². The number of amides is 1. The molecule has 0 spiro atoms. The lowest BCUT2D eigenvalue weighted by Gasteiger charge is -2.49. The number of aryl methyl sites for hydroxylation is 1. The minimum Gasteiger partial charge on any atom is -0.484 e. The lowest BCUT2D eigenvalue weighted by molar-refractivity contribution is -0.131. The molecule has 0 radical (unpaired) electrons. The molecular weight excluding hydrogens is 535 g/mol. The first kappa shape index (κ1) is 27.4. The Morgan fingerprint density at radius 1 is 1.17 bits per heavy atom. The molecule has 0 N–H and O–H groups in total. The zero-order valence-electron chi connectivity index (χ0n) is 24.8. The Kier molecular flexibility index (Phi) is 7.20. The highest BCUT2D eigenvalue weighted by molar-refractivity contribution is 5.91. The molecule has 224 valence electrons. The van der Waals surface area contributed by atoms with Gasteiger partial charge in [0.25, 0.3) is 11.8 Å². The van der Waals surface area contributed by atoms with Gasteiger partial charge in [-0.2, -0.15) is 0 Å². The van der Waals surface area contributed by atoms with Crippen LogP contribution in [0.2, 0.25) is 0 Å². The Balaban J connectivity index is 1.24. The highest BCUT2D eigenvalue weighted by atomic mass is 19.1. The van der Waals surface area contributed by atoms with Gasteiger partial charge in [0.05, 0.1) is 24.0 Å². The van der Waals surface area contributed by atoms with Gasteiger partial charge in [0.2, 0.25) is 5.75 Å². The van der Waals surface area contributed by atoms with Gasteiger partial charge < -0.3 is 29.1 Å². The molecule has 0 bridgehead atoms. The number of likely N-dealkylation sites (N-methyl/N-ethyl adjacent to an activating group) is 1. The summed E-state index contributed by atoms with van der Waals surface area (Å²) in [5, 5.41) is 0. The summed E-state index contributed by atoms with van der Waals surface area (Å²) in [7, 11) is 2.15. The van der Waals surface area contributed by atoms with Gasteiger partial charge >= 0.3 is 0 Å². The van der Waals surface area contributed by atoms with Gasteiger partial charge in [-0.15, -0.1) is 0 Å². The molecule has 10 heteroatoms. The maximum absolute atomic E-state index is 13.8. The van der Waals surface area contributed by atoms with Crippen LogP contribution in [0.25, 0.3) is 0 Å². The Labute approximate surface area is 247 Å². The summed E-state index contributed by atoms with van der Waals surface area (Å²) in [5.74, 6) is 0.794. The number of anilines is 2. The number of hydrogen-bond donors (Lipinski definition) is 0. The van der Waals surface area contributed by atoms with Crippen LogP contribution < -0.4 is 19.3 Å². The van der Waals surface area contributed by atoms with Crippen molar-refractivity contribution in [1.29, 1.82) is 0 Å². The first-order valence-corrected chi connectivity index (χ1v) is 15.5. The maximum atomic E-state index is 13.8. The van der Waals surface area contributed by atoms with Gasteiger partial charge in [-0.3, -0.25) is 4.79 Å². The summed E-state index contributed by atoms with van der Waals surface area (Å²) >= 11 is 0. The van der Waals surface area contributed by atoms with E-state index < -0.39 is 11.7 Å². The van der Waals surface area contributed by atoms with E-state index in [-0.39, 0.29) is 12.1 Å². The van der Waals surface area contributed by atoms with E-state index >= 15 is 0 Å². The Morgan fingerprint density at radius 3 is 2.83 bits per heavy atom. The van der Waals surface area contributed by atoms with Crippen molar-refractivity contribution in [1.82, 2.24) is 19.8 Å².